The Bertz CT molecular complexity index is 849. The quantitative estimate of drug-likeness (QED) is 0.550. The molecule has 1 atom stereocenters. The van der Waals surface area contributed by atoms with Crippen molar-refractivity contribution in [2.45, 2.75) is 25.4 Å². The summed E-state index contributed by atoms with van der Waals surface area (Å²) in [5.74, 6) is -2.94. The van der Waals surface area contributed by atoms with Gasteiger partial charge < -0.3 is 16.0 Å². The maximum absolute atomic E-state index is 12.8. The molecule has 0 aromatic heterocycles. The second-order valence-corrected chi connectivity index (χ2v) is 5.86. The monoisotopic (exact) mass is 356 g/mol. The summed E-state index contributed by atoms with van der Waals surface area (Å²) in [5, 5.41) is 7.32. The van der Waals surface area contributed by atoms with Crippen LogP contribution in [0, 0.1) is 0 Å². The molecule has 2 aliphatic rings. The number of piperidine rings is 1. The van der Waals surface area contributed by atoms with E-state index in [2.05, 4.69) is 15.7 Å². The number of benzene rings is 1. The third-order valence-electron chi connectivity index (χ3n) is 4.24. The van der Waals surface area contributed by atoms with Gasteiger partial charge in [0, 0.05) is 13.0 Å². The first-order valence-corrected chi connectivity index (χ1v) is 7.85. The van der Waals surface area contributed by atoms with Gasteiger partial charge in [-0.3, -0.25) is 34.2 Å². The van der Waals surface area contributed by atoms with Gasteiger partial charge in [-0.2, -0.15) is 0 Å². The lowest BCUT2D eigenvalue weighted by Gasteiger charge is -2.27. The van der Waals surface area contributed by atoms with Crippen LogP contribution in [0.5, 0.6) is 0 Å². The second-order valence-electron chi connectivity index (χ2n) is 5.86. The molecule has 1 fully saturated rings. The first-order chi connectivity index (χ1) is 12.4. The van der Waals surface area contributed by atoms with Gasteiger partial charge >= 0.3 is 0 Å². The van der Waals surface area contributed by atoms with E-state index in [0.717, 1.165) is 4.90 Å². The highest BCUT2D eigenvalue weighted by atomic mass is 16.2. The van der Waals surface area contributed by atoms with Gasteiger partial charge in [-0.05, 0) is 18.1 Å². The molecule has 10 nitrogen and oxygen atoms in total. The van der Waals surface area contributed by atoms with Crippen molar-refractivity contribution >= 4 is 29.5 Å². The Balaban J connectivity index is 1.87. The van der Waals surface area contributed by atoms with Crippen molar-refractivity contribution in [3.63, 3.8) is 0 Å². The van der Waals surface area contributed by atoms with E-state index >= 15 is 0 Å². The number of nitrogens with one attached hydrogen (secondary N) is 2. The van der Waals surface area contributed by atoms with Crippen LogP contribution in [0.25, 0.3) is 5.53 Å². The number of fused-ring (bicyclic) bond motifs is 1. The zero-order chi connectivity index (χ0) is 18.8. The van der Waals surface area contributed by atoms with Gasteiger partial charge in [0.2, 0.25) is 17.7 Å². The van der Waals surface area contributed by atoms with E-state index in [4.69, 9.17) is 5.53 Å². The fourth-order valence-electron chi connectivity index (χ4n) is 3.05. The molecular weight excluding hydrogens is 342 g/mol. The van der Waals surface area contributed by atoms with Crippen LogP contribution >= 0.6 is 0 Å². The molecule has 2 heterocycles. The van der Waals surface area contributed by atoms with Crippen molar-refractivity contribution in [1.29, 1.82) is 0 Å². The van der Waals surface area contributed by atoms with Crippen molar-refractivity contribution in [1.82, 2.24) is 15.5 Å². The molecule has 2 N–H and O–H groups in total. The number of amides is 5. The van der Waals surface area contributed by atoms with E-state index in [0.29, 0.717) is 5.56 Å². The van der Waals surface area contributed by atoms with E-state index in [-0.39, 0.29) is 30.5 Å². The number of hydrogen-bond donors (Lipinski definition) is 2. The van der Waals surface area contributed by atoms with Crippen molar-refractivity contribution in [2.75, 3.05) is 6.54 Å². The van der Waals surface area contributed by atoms with E-state index in [1.807, 2.05) is 0 Å². The van der Waals surface area contributed by atoms with Gasteiger partial charge in [0.05, 0.1) is 17.7 Å². The van der Waals surface area contributed by atoms with Crippen molar-refractivity contribution in [3.05, 3.63) is 40.4 Å². The molecule has 0 bridgehead atoms. The molecule has 3 rings (SSSR count). The molecule has 5 amide bonds. The molecule has 0 saturated carbocycles. The average molecular weight is 356 g/mol. The summed E-state index contributed by atoms with van der Waals surface area (Å²) in [5.41, 5.74) is 9.04. The van der Waals surface area contributed by atoms with Gasteiger partial charge in [0.15, 0.2) is 0 Å². The lowest BCUT2D eigenvalue weighted by Crippen LogP contribution is -2.54. The zero-order valence-electron chi connectivity index (χ0n) is 13.5. The second kappa shape index (κ2) is 6.82. The van der Waals surface area contributed by atoms with Crippen LogP contribution in [0.2, 0.25) is 0 Å². The van der Waals surface area contributed by atoms with E-state index in [1.54, 1.807) is 12.1 Å². The van der Waals surface area contributed by atoms with E-state index in [9.17, 15) is 24.0 Å². The Kier molecular flexibility index (Phi) is 4.57. The van der Waals surface area contributed by atoms with Crippen molar-refractivity contribution < 1.29 is 24.0 Å². The predicted octanol–water partition coefficient (Wildman–Crippen LogP) is -0.274. The van der Waals surface area contributed by atoms with Gasteiger partial charge in [-0.25, -0.2) is 0 Å². The summed E-state index contributed by atoms with van der Waals surface area (Å²) in [6.07, 6.45) is 0.109. The topological polar surface area (TPSA) is 147 Å². The molecule has 0 spiro atoms. The summed E-state index contributed by atoms with van der Waals surface area (Å²) < 4.78 is 0. The fourth-order valence-corrected chi connectivity index (χ4v) is 3.05. The molecule has 1 aromatic carbocycles. The molecule has 1 unspecified atom stereocenters. The normalized spacial score (nSPS) is 19.2. The summed E-state index contributed by atoms with van der Waals surface area (Å²) in [6, 6.07) is 3.57. The van der Waals surface area contributed by atoms with Crippen molar-refractivity contribution in [2.24, 2.45) is 5.11 Å². The standard InChI is InChI=1S/C16H14N5O5/c17-19-7-12(23)18-6-8-2-1-3-9-13(8)16(26)21(15(9)25)10-4-5-11(22)20-14(10)24/h1-3,10H,4-7H2,(H,18,23)(H,20,22,24)/q-1. The first kappa shape index (κ1) is 17.4. The molecule has 0 aliphatic carbocycles. The predicted molar refractivity (Wildman–Crippen MR) is 85.6 cm³/mol. The van der Waals surface area contributed by atoms with Crippen LogP contribution in [0.3, 0.4) is 0 Å². The van der Waals surface area contributed by atoms with E-state index in [1.165, 1.54) is 6.07 Å². The minimum atomic E-state index is -1.05. The summed E-state index contributed by atoms with van der Waals surface area (Å²) in [4.78, 5) is 61.0. The number of rotatable bonds is 5. The highest BCUT2D eigenvalue weighted by Crippen LogP contribution is 2.29. The Morgan fingerprint density at radius 1 is 1.27 bits per heavy atom. The van der Waals surface area contributed by atoms with Gasteiger partial charge in [0.25, 0.3) is 11.8 Å². The smallest absolute Gasteiger partial charge is 0.262 e. The minimum absolute atomic E-state index is 0.0391. The van der Waals surface area contributed by atoms with Crippen LogP contribution < -0.4 is 10.6 Å². The summed E-state index contributed by atoms with van der Waals surface area (Å²) in [6.45, 7) is -0.482. The molecular formula is C16H14N5O5-. The number of nitrogens with zero attached hydrogens (tertiary/aromatic N) is 3. The SMILES string of the molecule is [N-]=NCC(=O)NCc1cccc2c1C(=O)N(C1CCC(=O)NC1=O)C2=O. The van der Waals surface area contributed by atoms with Crippen LogP contribution in [0.4, 0.5) is 0 Å². The first-order valence-electron chi connectivity index (χ1n) is 7.85. The Hall–Kier alpha value is -3.43. The lowest BCUT2D eigenvalue weighted by molar-refractivity contribution is -0.136. The number of hydrogen-bond acceptors (Lipinski definition) is 6. The molecule has 1 aromatic rings. The minimum Gasteiger partial charge on any atom is -0.711 e. The van der Waals surface area contributed by atoms with Gasteiger partial charge in [-0.15, -0.1) is 0 Å². The van der Waals surface area contributed by atoms with Crippen LogP contribution in [-0.4, -0.2) is 47.0 Å². The maximum atomic E-state index is 12.8. The fraction of sp³-hybridized carbons (Fsp3) is 0.312. The third kappa shape index (κ3) is 2.96. The average Bonchev–Trinajstić information content (AvgIpc) is 2.85. The molecule has 26 heavy (non-hydrogen) atoms. The molecule has 2 aliphatic heterocycles. The Labute approximate surface area is 147 Å². The number of imide groups is 2. The van der Waals surface area contributed by atoms with Crippen LogP contribution in [0.15, 0.2) is 23.3 Å². The molecule has 1 saturated heterocycles. The van der Waals surface area contributed by atoms with E-state index < -0.39 is 42.1 Å². The molecule has 0 radical (unpaired) electrons. The Morgan fingerprint density at radius 2 is 2.04 bits per heavy atom. The largest absolute Gasteiger partial charge is 0.711 e. The molecule has 134 valence electrons. The van der Waals surface area contributed by atoms with Gasteiger partial charge in [0.1, 0.15) is 6.04 Å². The number of carbonyl (C=O) groups excluding carboxylic acids is 5. The lowest BCUT2D eigenvalue weighted by atomic mass is 10.0. The number of carbonyl (C=O) groups is 5. The summed E-state index contributed by atoms with van der Waals surface area (Å²) in [7, 11) is 0. The summed E-state index contributed by atoms with van der Waals surface area (Å²) >= 11 is 0. The molecule has 10 heteroatoms. The zero-order valence-corrected chi connectivity index (χ0v) is 13.5. The van der Waals surface area contributed by atoms with Crippen molar-refractivity contribution in [3.8, 4) is 0 Å². The van der Waals surface area contributed by atoms with Gasteiger partial charge in [-0.1, -0.05) is 12.1 Å². The highest BCUT2D eigenvalue weighted by Gasteiger charge is 2.45. The van der Waals surface area contributed by atoms with Crippen LogP contribution in [0.1, 0.15) is 39.1 Å². The maximum Gasteiger partial charge on any atom is 0.262 e. The van der Waals surface area contributed by atoms with Crippen LogP contribution in [-0.2, 0) is 20.9 Å². The Morgan fingerprint density at radius 3 is 2.73 bits per heavy atom. The third-order valence-corrected chi connectivity index (χ3v) is 4.24. The highest BCUT2D eigenvalue weighted by molar-refractivity contribution is 6.24.